The molecule has 0 bridgehead atoms. The number of hydrogen-bond acceptors (Lipinski definition) is 3. The van der Waals surface area contributed by atoms with Gasteiger partial charge in [0.2, 0.25) is 0 Å². The summed E-state index contributed by atoms with van der Waals surface area (Å²) in [5.74, 6) is 1.04. The highest BCUT2D eigenvalue weighted by Crippen LogP contribution is 2.27. The van der Waals surface area contributed by atoms with E-state index in [0.29, 0.717) is 0 Å². The summed E-state index contributed by atoms with van der Waals surface area (Å²) in [7, 11) is 1.97. The van der Waals surface area contributed by atoms with Gasteiger partial charge in [0.05, 0.1) is 18.0 Å². The maximum absolute atomic E-state index is 6.34. The zero-order valence-corrected chi connectivity index (χ0v) is 12.8. The van der Waals surface area contributed by atoms with Gasteiger partial charge in [0.1, 0.15) is 5.75 Å². The molecule has 1 aromatic heterocycles. The standard InChI is InChI=1S/C17H23N3O/c1-3-14-11-16(20(2)19-14)15(18)6-4-12-5-7-17-13(10-12)8-9-21-17/h5,7,10-11,15H,3-4,6,8-9,18H2,1-2H3. The van der Waals surface area contributed by atoms with Gasteiger partial charge in [-0.25, -0.2) is 0 Å². The van der Waals surface area contributed by atoms with Crippen LogP contribution in [0.15, 0.2) is 24.3 Å². The third-order valence-electron chi connectivity index (χ3n) is 4.21. The second-order valence-corrected chi connectivity index (χ2v) is 5.72. The molecule has 4 heteroatoms. The number of rotatable bonds is 5. The minimum atomic E-state index is 0.0345. The summed E-state index contributed by atoms with van der Waals surface area (Å²) in [4.78, 5) is 0. The van der Waals surface area contributed by atoms with Gasteiger partial charge in [0.15, 0.2) is 0 Å². The van der Waals surface area contributed by atoms with Crippen LogP contribution in [0.3, 0.4) is 0 Å². The van der Waals surface area contributed by atoms with Crippen LogP contribution in [0.25, 0.3) is 0 Å². The molecular formula is C17H23N3O. The normalized spacial score (nSPS) is 14.8. The van der Waals surface area contributed by atoms with E-state index >= 15 is 0 Å². The lowest BCUT2D eigenvalue weighted by atomic mass is 10.0. The summed E-state index contributed by atoms with van der Waals surface area (Å²) in [6, 6.07) is 8.66. The minimum Gasteiger partial charge on any atom is -0.493 e. The van der Waals surface area contributed by atoms with Gasteiger partial charge < -0.3 is 10.5 Å². The Hall–Kier alpha value is -1.81. The molecule has 0 aliphatic carbocycles. The summed E-state index contributed by atoms with van der Waals surface area (Å²) < 4.78 is 7.46. The molecule has 1 unspecified atom stereocenters. The van der Waals surface area contributed by atoms with Gasteiger partial charge in [0.25, 0.3) is 0 Å². The van der Waals surface area contributed by atoms with E-state index < -0.39 is 0 Å². The Morgan fingerprint density at radius 2 is 2.24 bits per heavy atom. The van der Waals surface area contributed by atoms with E-state index in [1.165, 1.54) is 11.1 Å². The Labute approximate surface area is 125 Å². The fraction of sp³-hybridized carbons (Fsp3) is 0.471. The van der Waals surface area contributed by atoms with Gasteiger partial charge >= 0.3 is 0 Å². The molecule has 0 saturated carbocycles. The molecule has 112 valence electrons. The number of ether oxygens (including phenoxy) is 1. The largest absolute Gasteiger partial charge is 0.493 e. The first-order valence-electron chi connectivity index (χ1n) is 7.70. The maximum Gasteiger partial charge on any atom is 0.122 e. The van der Waals surface area contributed by atoms with Gasteiger partial charge in [0, 0.05) is 19.5 Å². The molecule has 4 nitrogen and oxygen atoms in total. The summed E-state index contributed by atoms with van der Waals surface area (Å²) in [5, 5.41) is 4.47. The van der Waals surface area contributed by atoms with E-state index in [0.717, 1.165) is 49.4 Å². The topological polar surface area (TPSA) is 53.1 Å². The Morgan fingerprint density at radius 3 is 3.00 bits per heavy atom. The predicted octanol–water partition coefficient (Wildman–Crippen LogP) is 2.55. The van der Waals surface area contributed by atoms with Crippen LogP contribution in [0.5, 0.6) is 5.75 Å². The van der Waals surface area contributed by atoms with Crippen LogP contribution in [0.4, 0.5) is 0 Å². The quantitative estimate of drug-likeness (QED) is 0.918. The van der Waals surface area contributed by atoms with Gasteiger partial charge in [-0.1, -0.05) is 19.1 Å². The van der Waals surface area contributed by atoms with Crippen LogP contribution in [0.2, 0.25) is 0 Å². The molecule has 3 rings (SSSR count). The average Bonchev–Trinajstić information content (AvgIpc) is 3.10. The number of nitrogens with zero attached hydrogens (tertiary/aromatic N) is 2. The highest BCUT2D eigenvalue weighted by Gasteiger charge is 2.15. The second kappa shape index (κ2) is 5.90. The number of benzene rings is 1. The molecule has 2 aromatic rings. The van der Waals surface area contributed by atoms with Crippen LogP contribution in [0.1, 0.15) is 41.9 Å². The lowest BCUT2D eigenvalue weighted by Gasteiger charge is -2.12. The monoisotopic (exact) mass is 285 g/mol. The molecule has 2 heterocycles. The molecule has 0 radical (unpaired) electrons. The molecule has 0 amide bonds. The zero-order valence-electron chi connectivity index (χ0n) is 12.8. The fourth-order valence-electron chi connectivity index (χ4n) is 2.93. The predicted molar refractivity (Wildman–Crippen MR) is 83.5 cm³/mol. The van der Waals surface area contributed by atoms with E-state index in [1.807, 2.05) is 11.7 Å². The van der Waals surface area contributed by atoms with Crippen molar-refractivity contribution >= 4 is 0 Å². The first kappa shape index (κ1) is 14.1. The van der Waals surface area contributed by atoms with Gasteiger partial charge in [-0.15, -0.1) is 0 Å². The Bertz CT molecular complexity index is 633. The third kappa shape index (κ3) is 2.95. The Morgan fingerprint density at radius 1 is 1.38 bits per heavy atom. The van der Waals surface area contributed by atoms with Crippen molar-refractivity contribution in [2.75, 3.05) is 6.61 Å². The van der Waals surface area contributed by atoms with Crippen LogP contribution in [-0.2, 0) is 26.3 Å². The first-order chi connectivity index (χ1) is 10.2. The van der Waals surface area contributed by atoms with Crippen molar-refractivity contribution in [1.82, 2.24) is 9.78 Å². The van der Waals surface area contributed by atoms with Crippen molar-refractivity contribution in [3.8, 4) is 5.75 Å². The third-order valence-corrected chi connectivity index (χ3v) is 4.21. The Balaban J connectivity index is 1.65. The Kier molecular flexibility index (Phi) is 3.97. The first-order valence-corrected chi connectivity index (χ1v) is 7.70. The van der Waals surface area contributed by atoms with Crippen LogP contribution < -0.4 is 10.5 Å². The molecular weight excluding hydrogens is 262 g/mol. The van der Waals surface area contributed by atoms with Gasteiger partial charge in [-0.2, -0.15) is 5.10 Å². The van der Waals surface area contributed by atoms with Crippen molar-refractivity contribution in [3.63, 3.8) is 0 Å². The van der Waals surface area contributed by atoms with Gasteiger partial charge in [-0.05, 0) is 42.5 Å². The van der Waals surface area contributed by atoms with Crippen molar-refractivity contribution < 1.29 is 4.74 Å². The lowest BCUT2D eigenvalue weighted by molar-refractivity contribution is 0.357. The summed E-state index contributed by atoms with van der Waals surface area (Å²) in [6.07, 6.45) is 3.89. The van der Waals surface area contributed by atoms with Crippen molar-refractivity contribution in [3.05, 3.63) is 46.8 Å². The van der Waals surface area contributed by atoms with Crippen molar-refractivity contribution in [2.24, 2.45) is 12.8 Å². The van der Waals surface area contributed by atoms with E-state index in [-0.39, 0.29) is 6.04 Å². The molecule has 0 spiro atoms. The van der Waals surface area contributed by atoms with E-state index in [9.17, 15) is 0 Å². The molecule has 2 N–H and O–H groups in total. The smallest absolute Gasteiger partial charge is 0.122 e. The van der Waals surface area contributed by atoms with Crippen LogP contribution >= 0.6 is 0 Å². The zero-order chi connectivity index (χ0) is 14.8. The second-order valence-electron chi connectivity index (χ2n) is 5.72. The van der Waals surface area contributed by atoms with E-state index in [2.05, 4.69) is 36.3 Å². The average molecular weight is 285 g/mol. The number of fused-ring (bicyclic) bond motifs is 1. The molecule has 1 aliphatic heterocycles. The van der Waals surface area contributed by atoms with Crippen molar-refractivity contribution in [2.45, 2.75) is 38.6 Å². The highest BCUT2D eigenvalue weighted by atomic mass is 16.5. The maximum atomic E-state index is 6.34. The molecule has 1 aliphatic rings. The minimum absolute atomic E-state index is 0.0345. The van der Waals surface area contributed by atoms with Gasteiger partial charge in [-0.3, -0.25) is 4.68 Å². The number of aryl methyl sites for hydroxylation is 3. The molecule has 1 aromatic carbocycles. The number of nitrogens with two attached hydrogens (primary N) is 1. The number of aromatic nitrogens is 2. The number of hydrogen-bond donors (Lipinski definition) is 1. The summed E-state index contributed by atoms with van der Waals surface area (Å²) >= 11 is 0. The molecule has 1 atom stereocenters. The fourth-order valence-corrected chi connectivity index (χ4v) is 2.93. The van der Waals surface area contributed by atoms with Crippen LogP contribution in [-0.4, -0.2) is 16.4 Å². The summed E-state index contributed by atoms with van der Waals surface area (Å²) in [5.41, 5.74) is 11.2. The van der Waals surface area contributed by atoms with E-state index in [4.69, 9.17) is 10.5 Å². The van der Waals surface area contributed by atoms with Crippen LogP contribution in [0, 0.1) is 0 Å². The SMILES string of the molecule is CCc1cc(C(N)CCc2ccc3c(c2)CCO3)n(C)n1. The summed E-state index contributed by atoms with van der Waals surface area (Å²) in [6.45, 7) is 2.93. The lowest BCUT2D eigenvalue weighted by Crippen LogP contribution is -2.15. The molecule has 0 fully saturated rings. The molecule has 0 saturated heterocycles. The van der Waals surface area contributed by atoms with Crippen molar-refractivity contribution in [1.29, 1.82) is 0 Å². The highest BCUT2D eigenvalue weighted by molar-refractivity contribution is 5.39. The van der Waals surface area contributed by atoms with E-state index in [1.54, 1.807) is 0 Å². The molecule has 21 heavy (non-hydrogen) atoms.